The molecule has 1 heterocycles. The molecule has 1 aromatic heterocycles. The molecule has 8 heteroatoms. The number of benzene rings is 2. The average Bonchev–Trinajstić information content (AvgIpc) is 2.96. The van der Waals surface area contributed by atoms with Gasteiger partial charge in [0.25, 0.3) is 0 Å². The lowest BCUT2D eigenvalue weighted by Gasteiger charge is -2.08. The van der Waals surface area contributed by atoms with Gasteiger partial charge in [-0.05, 0) is 48.4 Å². The molecule has 136 valence electrons. The first-order valence-corrected chi connectivity index (χ1v) is 9.49. The summed E-state index contributed by atoms with van der Waals surface area (Å²) in [6, 6.07) is 14.2. The van der Waals surface area contributed by atoms with Crippen molar-refractivity contribution < 1.29 is 21.6 Å². The summed E-state index contributed by atoms with van der Waals surface area (Å²) >= 11 is 0. The molecule has 4 nitrogen and oxygen atoms in total. The topological polar surface area (TPSA) is 52.0 Å². The Hall–Kier alpha value is -2.61. The molecule has 0 saturated heterocycles. The molecule has 0 atom stereocenters. The zero-order chi connectivity index (χ0) is 19.1. The molecule has 0 radical (unpaired) electrons. The van der Waals surface area contributed by atoms with Gasteiger partial charge in [-0.2, -0.15) is 18.3 Å². The Bertz CT molecular complexity index is 1050. The summed E-state index contributed by atoms with van der Waals surface area (Å²) in [6.07, 6.45) is -3.37. The van der Waals surface area contributed by atoms with Crippen LogP contribution in [0.25, 0.3) is 16.8 Å². The van der Waals surface area contributed by atoms with Crippen LogP contribution in [0.4, 0.5) is 13.2 Å². The van der Waals surface area contributed by atoms with Crippen LogP contribution >= 0.6 is 0 Å². The van der Waals surface area contributed by atoms with Crippen LogP contribution in [0.2, 0.25) is 0 Å². The predicted octanol–water partition coefficient (Wildman–Crippen LogP) is 4.27. The van der Waals surface area contributed by atoms with Gasteiger partial charge in [0.05, 0.1) is 10.6 Å². The molecule has 0 fully saturated rings. The zero-order valence-electron chi connectivity index (χ0n) is 13.9. The summed E-state index contributed by atoms with van der Waals surface area (Å²) in [4.78, 5) is 0.205. The minimum Gasteiger partial charge on any atom is -0.238 e. The summed E-state index contributed by atoms with van der Waals surface area (Å²) in [5.74, 6) is 0. The second-order valence-corrected chi connectivity index (χ2v) is 7.94. The van der Waals surface area contributed by atoms with Gasteiger partial charge in [-0.25, -0.2) is 13.1 Å². The van der Waals surface area contributed by atoms with Crippen molar-refractivity contribution in [2.45, 2.75) is 18.0 Å². The standard InChI is InChI=1S/C18H15F3N2O2S/c1-12-10-17(18(19,20)21)22-23(12)15-8-6-13(7-9-15)14-4-3-5-16(11-14)26(2,24)25/h3-11H,1-2H3. The molecule has 0 aliphatic heterocycles. The summed E-state index contributed by atoms with van der Waals surface area (Å²) in [6.45, 7) is 1.55. The maximum absolute atomic E-state index is 12.8. The molecule has 0 bridgehead atoms. The van der Waals surface area contributed by atoms with Gasteiger partial charge in [0, 0.05) is 11.9 Å². The van der Waals surface area contributed by atoms with Gasteiger partial charge in [-0.1, -0.05) is 24.3 Å². The number of sulfone groups is 1. The number of aromatic nitrogens is 2. The van der Waals surface area contributed by atoms with Crippen LogP contribution < -0.4 is 0 Å². The first kappa shape index (κ1) is 18.2. The third-order valence-corrected chi connectivity index (χ3v) is 5.00. The molecule has 26 heavy (non-hydrogen) atoms. The third kappa shape index (κ3) is 3.65. The lowest BCUT2D eigenvalue weighted by Crippen LogP contribution is -2.07. The van der Waals surface area contributed by atoms with Gasteiger partial charge in [-0.3, -0.25) is 0 Å². The van der Waals surface area contributed by atoms with Crippen molar-refractivity contribution in [2.75, 3.05) is 6.26 Å². The predicted molar refractivity (Wildman–Crippen MR) is 91.8 cm³/mol. The van der Waals surface area contributed by atoms with Gasteiger partial charge < -0.3 is 0 Å². The highest BCUT2D eigenvalue weighted by molar-refractivity contribution is 7.90. The van der Waals surface area contributed by atoms with Crippen LogP contribution in [0.5, 0.6) is 0 Å². The second-order valence-electron chi connectivity index (χ2n) is 5.93. The summed E-state index contributed by atoms with van der Waals surface area (Å²) in [7, 11) is -3.32. The van der Waals surface area contributed by atoms with Crippen LogP contribution in [-0.2, 0) is 16.0 Å². The highest BCUT2D eigenvalue weighted by atomic mass is 32.2. The van der Waals surface area contributed by atoms with E-state index in [-0.39, 0.29) is 4.90 Å². The fourth-order valence-corrected chi connectivity index (χ4v) is 3.24. The number of halogens is 3. The molecule has 3 aromatic rings. The highest BCUT2D eigenvalue weighted by Crippen LogP contribution is 2.30. The van der Waals surface area contributed by atoms with Crippen molar-refractivity contribution >= 4 is 9.84 Å². The van der Waals surface area contributed by atoms with E-state index in [9.17, 15) is 21.6 Å². The summed E-state index contributed by atoms with van der Waals surface area (Å²) < 4.78 is 62.9. The molecule has 0 aliphatic carbocycles. The van der Waals surface area contributed by atoms with Gasteiger partial charge in [0.15, 0.2) is 15.5 Å². The Morgan fingerprint density at radius 3 is 2.15 bits per heavy atom. The largest absolute Gasteiger partial charge is 0.435 e. The van der Waals surface area contributed by atoms with E-state index in [1.807, 2.05) is 0 Å². The van der Waals surface area contributed by atoms with Crippen molar-refractivity contribution in [3.63, 3.8) is 0 Å². The fraction of sp³-hybridized carbons (Fsp3) is 0.167. The van der Waals surface area contributed by atoms with E-state index in [2.05, 4.69) is 5.10 Å². The minimum atomic E-state index is -4.50. The molecule has 0 saturated carbocycles. The minimum absolute atomic E-state index is 0.205. The molecule has 0 amide bonds. The Labute approximate surface area is 148 Å². The average molecular weight is 380 g/mol. The molecule has 0 aliphatic rings. The first-order chi connectivity index (χ1) is 12.1. The third-order valence-electron chi connectivity index (χ3n) is 3.89. The lowest BCUT2D eigenvalue weighted by molar-refractivity contribution is -0.141. The van der Waals surface area contributed by atoms with Crippen LogP contribution in [-0.4, -0.2) is 24.5 Å². The van der Waals surface area contributed by atoms with Crippen molar-refractivity contribution in [3.05, 3.63) is 66.0 Å². The summed E-state index contributed by atoms with van der Waals surface area (Å²) in [5, 5.41) is 3.61. The highest BCUT2D eigenvalue weighted by Gasteiger charge is 2.34. The first-order valence-electron chi connectivity index (χ1n) is 7.60. The number of nitrogens with zero attached hydrogens (tertiary/aromatic N) is 2. The summed E-state index contributed by atoms with van der Waals surface area (Å²) in [5.41, 5.74) is 1.36. The van der Waals surface area contributed by atoms with Crippen LogP contribution in [0.1, 0.15) is 11.4 Å². The second kappa shape index (κ2) is 6.28. The maximum Gasteiger partial charge on any atom is 0.435 e. The number of aryl methyl sites for hydroxylation is 1. The van der Waals surface area contributed by atoms with Gasteiger partial charge in [0.1, 0.15) is 0 Å². The van der Waals surface area contributed by atoms with E-state index < -0.39 is 21.7 Å². The van der Waals surface area contributed by atoms with E-state index in [1.54, 1.807) is 49.4 Å². The van der Waals surface area contributed by atoms with Crippen LogP contribution in [0.15, 0.2) is 59.5 Å². The quantitative estimate of drug-likeness (QED) is 0.682. The Morgan fingerprint density at radius 1 is 0.962 bits per heavy atom. The normalized spacial score (nSPS) is 12.3. The van der Waals surface area contributed by atoms with Gasteiger partial charge >= 0.3 is 6.18 Å². The smallest absolute Gasteiger partial charge is 0.238 e. The van der Waals surface area contributed by atoms with E-state index >= 15 is 0 Å². The van der Waals surface area contributed by atoms with E-state index in [1.165, 1.54) is 10.7 Å². The Morgan fingerprint density at radius 2 is 1.62 bits per heavy atom. The van der Waals surface area contributed by atoms with Crippen molar-refractivity contribution in [2.24, 2.45) is 0 Å². The molecular formula is C18H15F3N2O2S. The Balaban J connectivity index is 1.96. The number of alkyl halides is 3. The van der Waals surface area contributed by atoms with Crippen molar-refractivity contribution in [3.8, 4) is 16.8 Å². The maximum atomic E-state index is 12.8. The molecule has 3 rings (SSSR count). The van der Waals surface area contributed by atoms with E-state index in [4.69, 9.17) is 0 Å². The van der Waals surface area contributed by atoms with Gasteiger partial charge in [0.2, 0.25) is 0 Å². The molecule has 0 unspecified atom stereocenters. The van der Waals surface area contributed by atoms with Crippen LogP contribution in [0, 0.1) is 6.92 Å². The Kier molecular flexibility index (Phi) is 4.39. The molecule has 2 aromatic carbocycles. The van der Waals surface area contributed by atoms with Crippen LogP contribution in [0.3, 0.4) is 0 Å². The molecular weight excluding hydrogens is 365 g/mol. The fourth-order valence-electron chi connectivity index (χ4n) is 2.58. The monoisotopic (exact) mass is 380 g/mol. The molecule has 0 spiro atoms. The van der Waals surface area contributed by atoms with Crippen molar-refractivity contribution in [1.29, 1.82) is 0 Å². The molecule has 0 N–H and O–H groups in total. The zero-order valence-corrected chi connectivity index (χ0v) is 14.8. The number of hydrogen-bond acceptors (Lipinski definition) is 3. The lowest BCUT2D eigenvalue weighted by atomic mass is 10.1. The van der Waals surface area contributed by atoms with E-state index in [0.29, 0.717) is 16.9 Å². The number of rotatable bonds is 3. The SMILES string of the molecule is Cc1cc(C(F)(F)F)nn1-c1ccc(-c2cccc(S(C)(=O)=O)c2)cc1. The number of hydrogen-bond donors (Lipinski definition) is 0. The van der Waals surface area contributed by atoms with Gasteiger partial charge in [-0.15, -0.1) is 0 Å². The van der Waals surface area contributed by atoms with E-state index in [0.717, 1.165) is 17.9 Å². The van der Waals surface area contributed by atoms with Crippen molar-refractivity contribution in [1.82, 2.24) is 9.78 Å².